The molecule has 0 saturated heterocycles. The molecule has 2 aromatic carbocycles. The van der Waals surface area contributed by atoms with Crippen LogP contribution < -0.4 is 10.1 Å². The Hall–Kier alpha value is -4.58. The number of nitrogens with zero attached hydrogens (tertiary/aromatic N) is 3. The minimum absolute atomic E-state index is 0.140. The molecule has 8 nitrogen and oxygen atoms in total. The third kappa shape index (κ3) is 8.47. The van der Waals surface area contributed by atoms with Crippen LogP contribution in [-0.2, 0) is 15.8 Å². The van der Waals surface area contributed by atoms with Crippen LogP contribution >= 0.6 is 11.3 Å². The zero-order valence-corrected chi connectivity index (χ0v) is 21.6. The molecule has 39 heavy (non-hydrogen) atoms. The highest BCUT2D eigenvalue weighted by atomic mass is 32.1. The summed E-state index contributed by atoms with van der Waals surface area (Å²) in [5.74, 6) is -0.408. The first-order valence-electron chi connectivity index (χ1n) is 11.5. The van der Waals surface area contributed by atoms with Crippen LogP contribution in [-0.4, -0.2) is 31.9 Å². The molecule has 2 heterocycles. The lowest BCUT2D eigenvalue weighted by atomic mass is 10.1. The summed E-state index contributed by atoms with van der Waals surface area (Å²) < 4.78 is 45.0. The number of aliphatic carboxylic acids is 1. The van der Waals surface area contributed by atoms with Crippen molar-refractivity contribution in [1.29, 1.82) is 0 Å². The fourth-order valence-corrected chi connectivity index (χ4v) is 3.91. The summed E-state index contributed by atoms with van der Waals surface area (Å²) in [5.41, 5.74) is 0.744. The van der Waals surface area contributed by atoms with E-state index in [-0.39, 0.29) is 11.8 Å². The van der Waals surface area contributed by atoms with Crippen LogP contribution in [0.4, 0.5) is 18.3 Å². The Morgan fingerprint density at radius 3 is 2.49 bits per heavy atom. The van der Waals surface area contributed by atoms with Gasteiger partial charge in [0, 0.05) is 24.1 Å². The van der Waals surface area contributed by atoms with E-state index in [0.29, 0.717) is 34.1 Å². The number of carboxylic acid groups (broad SMARTS) is 1. The van der Waals surface area contributed by atoms with Crippen LogP contribution in [0.2, 0.25) is 0 Å². The molecule has 0 saturated carbocycles. The van der Waals surface area contributed by atoms with E-state index >= 15 is 0 Å². The number of aromatic nitrogens is 3. The van der Waals surface area contributed by atoms with E-state index in [4.69, 9.17) is 9.84 Å². The zero-order valence-electron chi connectivity index (χ0n) is 20.8. The molecule has 0 fully saturated rings. The molecule has 0 atom stereocenters. The van der Waals surface area contributed by atoms with Gasteiger partial charge in [0.2, 0.25) is 11.8 Å². The largest absolute Gasteiger partial charge is 0.478 e. The first-order valence-corrected chi connectivity index (χ1v) is 12.3. The van der Waals surface area contributed by atoms with E-state index in [1.165, 1.54) is 41.9 Å². The Morgan fingerprint density at radius 2 is 1.85 bits per heavy atom. The van der Waals surface area contributed by atoms with Gasteiger partial charge in [0.05, 0.1) is 16.0 Å². The maximum Gasteiger partial charge on any atom is 0.416 e. The van der Waals surface area contributed by atoms with Gasteiger partial charge in [0.25, 0.3) is 0 Å². The van der Waals surface area contributed by atoms with Crippen LogP contribution in [0.5, 0.6) is 11.6 Å². The summed E-state index contributed by atoms with van der Waals surface area (Å²) in [5, 5.41) is 11.2. The lowest BCUT2D eigenvalue weighted by Crippen LogP contribution is -2.08. The molecule has 4 aromatic rings. The summed E-state index contributed by atoms with van der Waals surface area (Å²) in [4.78, 5) is 34.0. The second-order valence-electron chi connectivity index (χ2n) is 7.67. The fraction of sp³-hybridized carbons (Fsp3) is 0.148. The molecule has 0 aliphatic heterocycles. The first kappa shape index (κ1) is 29.0. The summed E-state index contributed by atoms with van der Waals surface area (Å²) in [7, 11) is 0. The van der Waals surface area contributed by atoms with E-state index < -0.39 is 17.7 Å². The molecule has 1 amide bonds. The molecule has 2 N–H and O–H groups in total. The van der Waals surface area contributed by atoms with Crippen molar-refractivity contribution in [2.75, 3.05) is 5.32 Å². The molecule has 4 rings (SSSR count). The highest BCUT2D eigenvalue weighted by Crippen LogP contribution is 2.35. The van der Waals surface area contributed by atoms with E-state index in [2.05, 4.69) is 20.3 Å². The number of amides is 1. The average molecular weight is 557 g/mol. The van der Waals surface area contributed by atoms with Crippen LogP contribution in [0.1, 0.15) is 25.8 Å². The van der Waals surface area contributed by atoms with Crippen molar-refractivity contribution in [2.24, 2.45) is 0 Å². The van der Waals surface area contributed by atoms with Gasteiger partial charge in [-0.3, -0.25) is 4.79 Å². The number of ether oxygens (including phenoxy) is 1. The van der Waals surface area contributed by atoms with Gasteiger partial charge in [-0.25, -0.2) is 19.7 Å². The van der Waals surface area contributed by atoms with Crippen molar-refractivity contribution in [3.05, 3.63) is 84.7 Å². The number of fused-ring (bicyclic) bond motifs is 1. The number of carbonyl (C=O) groups is 2. The van der Waals surface area contributed by atoms with Crippen LogP contribution in [0, 0.1) is 0 Å². The predicted octanol–water partition coefficient (Wildman–Crippen LogP) is 7.12. The molecule has 0 radical (unpaired) electrons. The minimum atomic E-state index is -4.40. The Kier molecular flexibility index (Phi) is 9.87. The monoisotopic (exact) mass is 556 g/mol. The third-order valence-electron chi connectivity index (χ3n) is 4.86. The number of carbonyl (C=O) groups excluding carboxylic acids is 1. The second kappa shape index (κ2) is 13.3. The van der Waals surface area contributed by atoms with Gasteiger partial charge in [-0.2, -0.15) is 13.2 Å². The lowest BCUT2D eigenvalue weighted by molar-refractivity contribution is -0.137. The second-order valence-corrected chi connectivity index (χ2v) is 8.70. The van der Waals surface area contributed by atoms with E-state index in [9.17, 15) is 22.8 Å². The van der Waals surface area contributed by atoms with Crippen molar-refractivity contribution in [3.63, 3.8) is 0 Å². The number of hydrogen-bond acceptors (Lipinski definition) is 7. The fourth-order valence-electron chi connectivity index (χ4n) is 3.01. The maximum atomic E-state index is 12.8. The summed E-state index contributed by atoms with van der Waals surface area (Å²) in [6.07, 6.45) is 3.19. The Bertz CT molecular complexity index is 1500. The topological polar surface area (TPSA) is 114 Å². The van der Waals surface area contributed by atoms with Gasteiger partial charge < -0.3 is 15.2 Å². The minimum Gasteiger partial charge on any atom is -0.478 e. The van der Waals surface area contributed by atoms with Crippen molar-refractivity contribution < 1.29 is 32.6 Å². The van der Waals surface area contributed by atoms with Crippen molar-refractivity contribution in [2.45, 2.75) is 26.4 Å². The van der Waals surface area contributed by atoms with Gasteiger partial charge in [0.1, 0.15) is 11.8 Å². The number of carboxylic acids is 1. The number of rotatable bonds is 7. The molecule has 202 valence electrons. The van der Waals surface area contributed by atoms with Crippen LogP contribution in [0.3, 0.4) is 0 Å². The first-order chi connectivity index (χ1) is 18.6. The van der Waals surface area contributed by atoms with Crippen molar-refractivity contribution >= 4 is 38.6 Å². The number of alkyl halides is 3. The number of nitrogens with one attached hydrogen (secondary N) is 1. The number of halogens is 3. The Morgan fingerprint density at radius 1 is 1.10 bits per heavy atom. The molecule has 0 aliphatic rings. The van der Waals surface area contributed by atoms with Gasteiger partial charge in [-0.1, -0.05) is 54.7 Å². The molecule has 0 unspecified atom stereocenters. The number of anilines is 1. The van der Waals surface area contributed by atoms with E-state index in [1.807, 2.05) is 13.0 Å². The van der Waals surface area contributed by atoms with Crippen LogP contribution in [0.25, 0.3) is 21.5 Å². The molecule has 0 spiro atoms. The Labute approximate surface area is 225 Å². The highest BCUT2D eigenvalue weighted by molar-refractivity contribution is 7.22. The van der Waals surface area contributed by atoms with Gasteiger partial charge >= 0.3 is 12.1 Å². The van der Waals surface area contributed by atoms with Gasteiger partial charge in [-0.15, -0.1) is 0 Å². The standard InChI is InChI=1S/C21H15F3N4O2S.C6H8O2/c1-2-17(29)27-20-28-19-15(4-3-5-16(19)31-20)30-18-10-14(25-11-26-18)12-6-8-13(9-7-12)21(22,23)24;1-2-3-4-5-6(7)8/h3-11H,2H2,1H3,(H,27,28,29);2-5H,1H3,(H,7,8)/b;3-2+,5-4+. The Balaban J connectivity index is 0.000000459. The van der Waals surface area contributed by atoms with Crippen molar-refractivity contribution in [3.8, 4) is 22.9 Å². The predicted molar refractivity (Wildman–Crippen MR) is 143 cm³/mol. The number of benzene rings is 2. The smallest absolute Gasteiger partial charge is 0.416 e. The zero-order chi connectivity index (χ0) is 28.4. The summed E-state index contributed by atoms with van der Waals surface area (Å²) in [6.45, 7) is 3.58. The van der Waals surface area contributed by atoms with E-state index in [0.717, 1.165) is 22.9 Å². The molecular formula is C27H23F3N4O4S. The summed E-state index contributed by atoms with van der Waals surface area (Å²) in [6, 6.07) is 11.6. The molecular weight excluding hydrogens is 533 g/mol. The number of allylic oxidation sites excluding steroid dienone is 3. The third-order valence-corrected chi connectivity index (χ3v) is 5.79. The van der Waals surface area contributed by atoms with Crippen LogP contribution in [0.15, 0.2) is 79.2 Å². The molecule has 0 bridgehead atoms. The quantitative estimate of drug-likeness (QED) is 0.184. The lowest BCUT2D eigenvalue weighted by Gasteiger charge is -2.09. The normalized spacial score (nSPS) is 11.4. The molecule has 0 aliphatic carbocycles. The van der Waals surface area contributed by atoms with Gasteiger partial charge in [-0.05, 0) is 31.2 Å². The maximum absolute atomic E-state index is 12.8. The number of thiazole rings is 1. The number of hydrogen-bond donors (Lipinski definition) is 2. The van der Waals surface area contributed by atoms with Crippen molar-refractivity contribution in [1.82, 2.24) is 15.0 Å². The SMILES string of the molecule is C/C=C/C=C/C(=O)O.CCC(=O)Nc1nc2c(Oc3cc(-c4ccc(C(F)(F)F)cc4)ncn3)cccc2s1. The molecule has 12 heteroatoms. The van der Waals surface area contributed by atoms with E-state index in [1.54, 1.807) is 31.2 Å². The molecule has 2 aromatic heterocycles. The highest BCUT2D eigenvalue weighted by Gasteiger charge is 2.30. The van der Waals surface area contributed by atoms with Gasteiger partial charge in [0.15, 0.2) is 10.9 Å². The number of para-hydroxylation sites is 1. The summed E-state index contributed by atoms with van der Waals surface area (Å²) >= 11 is 1.32. The average Bonchev–Trinajstić information content (AvgIpc) is 3.32.